The van der Waals surface area contributed by atoms with Gasteiger partial charge in [0.05, 0.1) is 5.75 Å². The lowest BCUT2D eigenvalue weighted by Gasteiger charge is -2.04. The molecule has 1 aromatic rings. The van der Waals surface area contributed by atoms with Crippen molar-refractivity contribution in [1.82, 2.24) is 5.43 Å². The van der Waals surface area contributed by atoms with E-state index in [1.807, 2.05) is 31.2 Å². The number of unbranched alkanes of at least 4 members (excludes halogenated alkanes) is 1. The highest BCUT2D eigenvalue weighted by Crippen LogP contribution is 2.20. The second-order valence-electron chi connectivity index (χ2n) is 4.57. The van der Waals surface area contributed by atoms with Gasteiger partial charge in [0, 0.05) is 16.5 Å². The zero-order chi connectivity index (χ0) is 14.8. The van der Waals surface area contributed by atoms with Crippen molar-refractivity contribution < 1.29 is 4.79 Å². The maximum absolute atomic E-state index is 11.6. The fourth-order valence-corrected chi connectivity index (χ4v) is 2.65. The molecular formula is C15H21ClN2OS. The molecular weight excluding hydrogens is 292 g/mol. The van der Waals surface area contributed by atoms with Crippen molar-refractivity contribution in [3.05, 3.63) is 34.9 Å². The summed E-state index contributed by atoms with van der Waals surface area (Å²) in [5.74, 6) is 1.04. The predicted molar refractivity (Wildman–Crippen MR) is 88.4 cm³/mol. The van der Waals surface area contributed by atoms with E-state index < -0.39 is 0 Å². The summed E-state index contributed by atoms with van der Waals surface area (Å²) in [4.78, 5) is 11.6. The van der Waals surface area contributed by atoms with Gasteiger partial charge in [-0.1, -0.05) is 43.1 Å². The van der Waals surface area contributed by atoms with E-state index in [0.29, 0.717) is 5.75 Å². The van der Waals surface area contributed by atoms with Crippen LogP contribution < -0.4 is 5.43 Å². The van der Waals surface area contributed by atoms with E-state index in [1.165, 1.54) is 11.8 Å². The largest absolute Gasteiger partial charge is 0.272 e. The number of amides is 1. The summed E-state index contributed by atoms with van der Waals surface area (Å²) >= 11 is 7.59. The average Bonchev–Trinajstić information content (AvgIpc) is 2.45. The van der Waals surface area contributed by atoms with Crippen LogP contribution in [-0.4, -0.2) is 17.4 Å². The number of nitrogens with one attached hydrogen (secondary N) is 1. The molecule has 5 heteroatoms. The third-order valence-corrected chi connectivity index (χ3v) is 4.06. The first-order valence-corrected chi connectivity index (χ1v) is 8.30. The SMILES string of the molecule is CCCCC(C)=NNC(=O)CSCc1ccccc1Cl. The molecule has 0 bridgehead atoms. The molecule has 0 unspecified atom stereocenters. The molecule has 0 aliphatic heterocycles. The summed E-state index contributed by atoms with van der Waals surface area (Å²) in [7, 11) is 0. The maximum atomic E-state index is 11.6. The first kappa shape index (κ1) is 17.1. The molecule has 0 aliphatic rings. The lowest BCUT2D eigenvalue weighted by Crippen LogP contribution is -2.21. The molecule has 0 atom stereocenters. The van der Waals surface area contributed by atoms with Crippen molar-refractivity contribution in [3.8, 4) is 0 Å². The Morgan fingerprint density at radius 1 is 1.40 bits per heavy atom. The maximum Gasteiger partial charge on any atom is 0.250 e. The highest BCUT2D eigenvalue weighted by Gasteiger charge is 2.03. The summed E-state index contributed by atoms with van der Waals surface area (Å²) in [5, 5.41) is 4.83. The van der Waals surface area contributed by atoms with Crippen LogP contribution in [0.5, 0.6) is 0 Å². The van der Waals surface area contributed by atoms with E-state index in [4.69, 9.17) is 11.6 Å². The van der Waals surface area contributed by atoms with Crippen LogP contribution in [-0.2, 0) is 10.5 Å². The van der Waals surface area contributed by atoms with Crippen LogP contribution in [0.15, 0.2) is 29.4 Å². The molecule has 0 saturated heterocycles. The van der Waals surface area contributed by atoms with Gasteiger partial charge in [-0.2, -0.15) is 5.10 Å². The van der Waals surface area contributed by atoms with Crippen molar-refractivity contribution in [2.75, 3.05) is 5.75 Å². The van der Waals surface area contributed by atoms with Crippen LogP contribution in [0.3, 0.4) is 0 Å². The first-order chi connectivity index (χ1) is 9.63. The van der Waals surface area contributed by atoms with Gasteiger partial charge in [-0.05, 0) is 31.4 Å². The van der Waals surface area contributed by atoms with Gasteiger partial charge >= 0.3 is 0 Å². The van der Waals surface area contributed by atoms with Gasteiger partial charge in [-0.3, -0.25) is 4.79 Å². The normalized spacial score (nSPS) is 11.4. The monoisotopic (exact) mass is 312 g/mol. The molecule has 1 N–H and O–H groups in total. The molecule has 1 rings (SSSR count). The molecule has 0 radical (unpaired) electrons. The van der Waals surface area contributed by atoms with Crippen LogP contribution in [0.2, 0.25) is 5.02 Å². The van der Waals surface area contributed by atoms with Gasteiger partial charge in [0.1, 0.15) is 0 Å². The molecule has 110 valence electrons. The molecule has 1 aromatic carbocycles. The quantitative estimate of drug-likeness (QED) is 0.576. The van der Waals surface area contributed by atoms with E-state index in [1.54, 1.807) is 0 Å². The molecule has 0 saturated carbocycles. The number of rotatable bonds is 8. The Morgan fingerprint density at radius 2 is 2.15 bits per heavy atom. The molecule has 0 aliphatic carbocycles. The Kier molecular flexibility index (Phi) is 8.38. The van der Waals surface area contributed by atoms with Gasteiger partial charge in [-0.25, -0.2) is 5.43 Å². The van der Waals surface area contributed by atoms with E-state index >= 15 is 0 Å². The first-order valence-electron chi connectivity index (χ1n) is 6.76. The smallest absolute Gasteiger partial charge is 0.250 e. The van der Waals surface area contributed by atoms with Crippen molar-refractivity contribution in [1.29, 1.82) is 0 Å². The molecule has 20 heavy (non-hydrogen) atoms. The minimum absolute atomic E-state index is 0.0714. The third kappa shape index (κ3) is 6.96. The summed E-state index contributed by atoms with van der Waals surface area (Å²) in [6, 6.07) is 7.68. The minimum atomic E-state index is -0.0714. The van der Waals surface area contributed by atoms with Crippen molar-refractivity contribution in [3.63, 3.8) is 0 Å². The van der Waals surface area contributed by atoms with Gasteiger partial charge in [0.2, 0.25) is 5.91 Å². The molecule has 3 nitrogen and oxygen atoms in total. The second-order valence-corrected chi connectivity index (χ2v) is 5.96. The third-order valence-electron chi connectivity index (χ3n) is 2.71. The molecule has 1 amide bonds. The van der Waals surface area contributed by atoms with Crippen molar-refractivity contribution in [2.24, 2.45) is 5.10 Å². The number of carbonyl (C=O) groups is 1. The average molecular weight is 313 g/mol. The van der Waals surface area contributed by atoms with Crippen LogP contribution in [0.25, 0.3) is 0 Å². The fraction of sp³-hybridized carbons (Fsp3) is 0.467. The van der Waals surface area contributed by atoms with Gasteiger partial charge < -0.3 is 0 Å². The molecule has 0 fully saturated rings. The van der Waals surface area contributed by atoms with E-state index in [-0.39, 0.29) is 5.91 Å². The summed E-state index contributed by atoms with van der Waals surface area (Å²) in [5.41, 5.74) is 4.61. The Balaban J connectivity index is 2.25. The zero-order valence-corrected chi connectivity index (χ0v) is 13.6. The molecule has 0 heterocycles. The van der Waals surface area contributed by atoms with E-state index in [9.17, 15) is 4.79 Å². The van der Waals surface area contributed by atoms with Crippen LogP contribution >= 0.6 is 23.4 Å². The molecule has 0 aromatic heterocycles. The van der Waals surface area contributed by atoms with Crippen molar-refractivity contribution in [2.45, 2.75) is 38.9 Å². The Hall–Kier alpha value is -1.00. The van der Waals surface area contributed by atoms with E-state index in [0.717, 1.165) is 41.3 Å². The number of nitrogens with zero attached hydrogens (tertiary/aromatic N) is 1. The summed E-state index contributed by atoms with van der Waals surface area (Å²) in [6.07, 6.45) is 3.17. The van der Waals surface area contributed by atoms with Crippen LogP contribution in [0.4, 0.5) is 0 Å². The van der Waals surface area contributed by atoms with E-state index in [2.05, 4.69) is 17.5 Å². The van der Waals surface area contributed by atoms with Gasteiger partial charge in [0.15, 0.2) is 0 Å². The van der Waals surface area contributed by atoms with Gasteiger partial charge in [-0.15, -0.1) is 11.8 Å². The second kappa shape index (κ2) is 9.83. The topological polar surface area (TPSA) is 41.5 Å². The fourth-order valence-electron chi connectivity index (χ4n) is 1.55. The standard InChI is InChI=1S/C15H21ClN2OS/c1-3-4-7-12(2)17-18-15(19)11-20-10-13-8-5-6-9-14(13)16/h5-6,8-9H,3-4,7,10-11H2,1-2H3,(H,18,19). The van der Waals surface area contributed by atoms with Gasteiger partial charge in [0.25, 0.3) is 0 Å². The van der Waals surface area contributed by atoms with Crippen LogP contribution in [0.1, 0.15) is 38.7 Å². The number of carbonyl (C=O) groups excluding carboxylic acids is 1. The number of halogens is 1. The zero-order valence-electron chi connectivity index (χ0n) is 12.0. The molecule has 0 spiro atoms. The predicted octanol–water partition coefficient (Wildman–Crippen LogP) is 4.26. The number of hydrazone groups is 1. The number of hydrogen-bond acceptors (Lipinski definition) is 3. The summed E-state index contributed by atoms with van der Waals surface area (Å²) < 4.78 is 0. The Bertz CT molecular complexity index is 463. The minimum Gasteiger partial charge on any atom is -0.272 e. The van der Waals surface area contributed by atoms with Crippen LogP contribution in [0, 0.1) is 0 Å². The highest BCUT2D eigenvalue weighted by molar-refractivity contribution is 7.99. The Morgan fingerprint density at radius 3 is 2.85 bits per heavy atom. The lowest BCUT2D eigenvalue weighted by molar-refractivity contribution is -0.118. The highest BCUT2D eigenvalue weighted by atomic mass is 35.5. The Labute approximate surface area is 130 Å². The lowest BCUT2D eigenvalue weighted by atomic mass is 10.2. The number of hydrogen-bond donors (Lipinski definition) is 1. The number of thioether (sulfide) groups is 1. The number of benzene rings is 1. The summed E-state index contributed by atoms with van der Waals surface area (Å²) in [6.45, 7) is 4.07. The van der Waals surface area contributed by atoms with Crippen molar-refractivity contribution >= 4 is 35.0 Å².